The molecule has 0 spiro atoms. The third-order valence-electron chi connectivity index (χ3n) is 2.54. The van der Waals surface area contributed by atoms with Crippen molar-refractivity contribution in [3.63, 3.8) is 0 Å². The highest BCUT2D eigenvalue weighted by molar-refractivity contribution is 5.94. The lowest BCUT2D eigenvalue weighted by Gasteiger charge is -2.05. The van der Waals surface area contributed by atoms with E-state index in [-0.39, 0.29) is 22.8 Å². The number of alkyl halides is 3. The summed E-state index contributed by atoms with van der Waals surface area (Å²) in [4.78, 5) is 24.6. The second kappa shape index (κ2) is 4.47. The minimum absolute atomic E-state index is 0.154. The number of anilines is 1. The Morgan fingerprint density at radius 2 is 2.10 bits per heavy atom. The van der Waals surface area contributed by atoms with Gasteiger partial charge in [-0.15, -0.1) is 0 Å². The predicted octanol–water partition coefficient (Wildman–Crippen LogP) is 2.05. The van der Waals surface area contributed by atoms with Crippen LogP contribution in [0.15, 0.2) is 18.3 Å². The van der Waals surface area contributed by atoms with Crippen LogP contribution in [0.2, 0.25) is 0 Å². The van der Waals surface area contributed by atoms with Gasteiger partial charge >= 0.3 is 12.1 Å². The van der Waals surface area contributed by atoms with Crippen molar-refractivity contribution in [2.24, 2.45) is 0 Å². The number of hydrogen-bond donors (Lipinski definition) is 1. The predicted molar refractivity (Wildman–Crippen MR) is 61.3 cm³/mol. The van der Waals surface area contributed by atoms with E-state index in [4.69, 9.17) is 0 Å². The van der Waals surface area contributed by atoms with Gasteiger partial charge in [0.2, 0.25) is 0 Å². The lowest BCUT2D eigenvalue weighted by atomic mass is 10.4. The number of hydrogen-bond acceptors (Lipinski definition) is 4. The smallest absolute Gasteiger partial charge is 0.301 e. The Balaban J connectivity index is 2.44. The minimum Gasteiger partial charge on any atom is -0.301 e. The summed E-state index contributed by atoms with van der Waals surface area (Å²) in [5, 5.41) is 12.2. The first kappa shape index (κ1) is 13.8. The third-order valence-corrected chi connectivity index (χ3v) is 2.54. The first-order valence-electron chi connectivity index (χ1n) is 5.21. The second-order valence-electron chi connectivity index (χ2n) is 3.87. The summed E-state index contributed by atoms with van der Waals surface area (Å²) in [6, 6.07) is 2.44. The van der Waals surface area contributed by atoms with E-state index in [2.05, 4.69) is 4.98 Å². The fraction of sp³-hybridized carbons (Fsp3) is 0.200. The first-order valence-corrected chi connectivity index (χ1v) is 5.21. The maximum Gasteiger partial charge on any atom is 0.471 e. The van der Waals surface area contributed by atoms with Gasteiger partial charge in [-0.2, -0.15) is 13.2 Å². The topological polar surface area (TPSA) is 89.5 Å². The molecule has 0 bridgehead atoms. The number of aromatic nitrogens is 2. The Bertz CT molecular complexity index is 708. The fourth-order valence-corrected chi connectivity index (χ4v) is 1.56. The van der Waals surface area contributed by atoms with Crippen molar-refractivity contribution >= 4 is 23.1 Å². The molecule has 0 fully saturated rings. The van der Waals surface area contributed by atoms with Crippen LogP contribution in [0.25, 0.3) is 5.65 Å². The van der Waals surface area contributed by atoms with Crippen LogP contribution in [-0.4, -0.2) is 26.4 Å². The van der Waals surface area contributed by atoms with Crippen LogP contribution in [0.5, 0.6) is 0 Å². The van der Waals surface area contributed by atoms with Crippen LogP contribution in [0.3, 0.4) is 0 Å². The Kier molecular flexibility index (Phi) is 3.08. The zero-order chi connectivity index (χ0) is 15.1. The molecule has 0 saturated carbocycles. The monoisotopic (exact) mass is 288 g/mol. The van der Waals surface area contributed by atoms with Crippen LogP contribution in [-0.2, 0) is 4.79 Å². The van der Waals surface area contributed by atoms with E-state index in [1.54, 1.807) is 5.32 Å². The maximum absolute atomic E-state index is 12.2. The first-order chi connectivity index (χ1) is 9.20. The molecule has 1 N–H and O–H groups in total. The van der Waals surface area contributed by atoms with Crippen molar-refractivity contribution in [3.05, 3.63) is 34.1 Å². The van der Waals surface area contributed by atoms with Crippen LogP contribution in [0.1, 0.15) is 5.69 Å². The lowest BCUT2D eigenvalue weighted by molar-refractivity contribution is -0.385. The molecule has 2 heterocycles. The Hall–Kier alpha value is -2.65. The van der Waals surface area contributed by atoms with Gasteiger partial charge in [-0.05, 0) is 13.0 Å². The normalized spacial score (nSPS) is 11.6. The molecule has 0 atom stereocenters. The highest BCUT2D eigenvalue weighted by Gasteiger charge is 2.39. The second-order valence-corrected chi connectivity index (χ2v) is 3.87. The molecule has 2 aromatic rings. The molecule has 2 rings (SSSR count). The van der Waals surface area contributed by atoms with E-state index in [0.717, 1.165) is 12.3 Å². The largest absolute Gasteiger partial charge is 0.471 e. The summed E-state index contributed by atoms with van der Waals surface area (Å²) in [5.41, 5.74) is 0.0959. The van der Waals surface area contributed by atoms with E-state index in [0.29, 0.717) is 0 Å². The van der Waals surface area contributed by atoms with Gasteiger partial charge in [0.1, 0.15) is 5.65 Å². The van der Waals surface area contributed by atoms with Crippen molar-refractivity contribution in [1.82, 2.24) is 9.38 Å². The Labute approximate surface area is 109 Å². The number of imidazole rings is 1. The van der Waals surface area contributed by atoms with Gasteiger partial charge in [-0.25, -0.2) is 4.98 Å². The number of nitrogens with one attached hydrogen (secondary N) is 1. The molecule has 20 heavy (non-hydrogen) atoms. The summed E-state index contributed by atoms with van der Waals surface area (Å²) in [6.07, 6.45) is -3.92. The molecule has 0 aliphatic carbocycles. The number of fused-ring (bicyclic) bond motifs is 1. The summed E-state index contributed by atoms with van der Waals surface area (Å²) >= 11 is 0. The number of nitro groups is 1. The molecule has 0 aliphatic heterocycles. The number of carbonyl (C=O) groups excluding carboxylic acids is 1. The number of aryl methyl sites for hydroxylation is 1. The van der Waals surface area contributed by atoms with Crippen LogP contribution >= 0.6 is 0 Å². The number of rotatable bonds is 2. The van der Waals surface area contributed by atoms with E-state index in [1.165, 1.54) is 17.4 Å². The summed E-state index contributed by atoms with van der Waals surface area (Å²) in [6.45, 7) is 1.38. The van der Waals surface area contributed by atoms with Gasteiger partial charge < -0.3 is 5.32 Å². The number of amides is 1. The highest BCUT2D eigenvalue weighted by Crippen LogP contribution is 2.23. The molecule has 10 heteroatoms. The molecule has 0 unspecified atom stereocenters. The van der Waals surface area contributed by atoms with Crippen LogP contribution in [0.4, 0.5) is 24.7 Å². The van der Waals surface area contributed by atoms with Crippen molar-refractivity contribution in [3.8, 4) is 0 Å². The van der Waals surface area contributed by atoms with Gasteiger partial charge in [0.15, 0.2) is 5.82 Å². The maximum atomic E-state index is 12.2. The molecule has 7 nitrogen and oxygen atoms in total. The van der Waals surface area contributed by atoms with Crippen LogP contribution < -0.4 is 5.32 Å². The standard InChI is InChI=1S/C10H7F3N4O3/c1-5-8(15-9(18)10(11,12)13)14-7-3-2-6(17(19)20)4-16(5)7/h2-4H,1H3,(H,15,18). The average Bonchev–Trinajstić information content (AvgIpc) is 2.65. The van der Waals surface area contributed by atoms with Gasteiger partial charge in [-0.1, -0.05) is 0 Å². The third kappa shape index (κ3) is 2.39. The van der Waals surface area contributed by atoms with Crippen molar-refractivity contribution < 1.29 is 22.9 Å². The lowest BCUT2D eigenvalue weighted by Crippen LogP contribution is -2.30. The molecule has 0 aromatic carbocycles. The van der Waals surface area contributed by atoms with E-state index in [1.807, 2.05) is 0 Å². The van der Waals surface area contributed by atoms with Crippen molar-refractivity contribution in [1.29, 1.82) is 0 Å². The van der Waals surface area contributed by atoms with Gasteiger partial charge in [-0.3, -0.25) is 19.3 Å². The Morgan fingerprint density at radius 1 is 1.45 bits per heavy atom. The molecular formula is C10H7F3N4O3. The van der Waals surface area contributed by atoms with E-state index in [9.17, 15) is 28.1 Å². The highest BCUT2D eigenvalue weighted by atomic mass is 19.4. The average molecular weight is 288 g/mol. The van der Waals surface area contributed by atoms with Crippen LogP contribution in [0, 0.1) is 17.0 Å². The number of halogens is 3. The van der Waals surface area contributed by atoms with Gasteiger partial charge in [0, 0.05) is 6.07 Å². The minimum atomic E-state index is -5.03. The van der Waals surface area contributed by atoms with E-state index >= 15 is 0 Å². The quantitative estimate of drug-likeness (QED) is 0.676. The summed E-state index contributed by atoms with van der Waals surface area (Å²) in [5.74, 6) is -2.45. The van der Waals surface area contributed by atoms with Crippen molar-refractivity contribution in [2.45, 2.75) is 13.1 Å². The van der Waals surface area contributed by atoms with E-state index < -0.39 is 17.0 Å². The molecule has 2 aromatic heterocycles. The molecular weight excluding hydrogens is 281 g/mol. The van der Waals surface area contributed by atoms with Gasteiger partial charge in [0.05, 0.1) is 16.8 Å². The zero-order valence-electron chi connectivity index (χ0n) is 9.93. The molecule has 0 saturated heterocycles. The number of pyridine rings is 1. The number of carbonyl (C=O) groups is 1. The SMILES string of the molecule is Cc1c(NC(=O)C(F)(F)F)nc2ccc([N+](=O)[O-])cn12. The summed E-state index contributed by atoms with van der Waals surface area (Å²) in [7, 11) is 0. The summed E-state index contributed by atoms with van der Waals surface area (Å²) < 4.78 is 37.7. The number of nitrogens with zero attached hydrogens (tertiary/aromatic N) is 3. The molecule has 1 amide bonds. The molecule has 106 valence electrons. The van der Waals surface area contributed by atoms with Crippen molar-refractivity contribution in [2.75, 3.05) is 5.32 Å². The Morgan fingerprint density at radius 3 is 2.65 bits per heavy atom. The zero-order valence-corrected chi connectivity index (χ0v) is 9.93. The molecule has 0 aliphatic rings. The van der Waals surface area contributed by atoms with Gasteiger partial charge in [0.25, 0.3) is 5.69 Å². The molecule has 0 radical (unpaired) electrons. The fourth-order valence-electron chi connectivity index (χ4n) is 1.56.